The standard InChI is InChI=1S/C23H29NO3/c1-23(2,3)16-22(26)27-17-21(25)24-15-14-20(18-10-6-4-7-11-18)19-12-8-5-9-13-19/h4-13,20H,14-17H2,1-3H3,(H,24,25). The van der Waals surface area contributed by atoms with E-state index in [4.69, 9.17) is 4.74 Å². The van der Waals surface area contributed by atoms with Gasteiger partial charge >= 0.3 is 5.97 Å². The minimum atomic E-state index is -0.343. The predicted octanol–water partition coefficient (Wildman–Crippen LogP) is 4.30. The molecule has 0 aliphatic rings. The van der Waals surface area contributed by atoms with Gasteiger partial charge in [0.15, 0.2) is 6.61 Å². The van der Waals surface area contributed by atoms with Crippen LogP contribution in [0.2, 0.25) is 0 Å². The molecule has 2 aromatic rings. The molecule has 0 aliphatic carbocycles. The van der Waals surface area contributed by atoms with E-state index in [0.717, 1.165) is 6.42 Å². The van der Waals surface area contributed by atoms with Crippen molar-refractivity contribution in [1.29, 1.82) is 0 Å². The predicted molar refractivity (Wildman–Crippen MR) is 107 cm³/mol. The second-order valence-electron chi connectivity index (χ2n) is 7.91. The van der Waals surface area contributed by atoms with Crippen molar-refractivity contribution in [3.8, 4) is 0 Å². The van der Waals surface area contributed by atoms with E-state index in [2.05, 4.69) is 29.6 Å². The molecule has 0 atom stereocenters. The molecule has 0 radical (unpaired) electrons. The molecule has 144 valence electrons. The van der Waals surface area contributed by atoms with Gasteiger partial charge in [0.2, 0.25) is 0 Å². The highest BCUT2D eigenvalue weighted by Crippen LogP contribution is 2.27. The van der Waals surface area contributed by atoms with Gasteiger partial charge in [-0.1, -0.05) is 81.4 Å². The molecule has 0 spiro atoms. The lowest BCUT2D eigenvalue weighted by atomic mass is 9.88. The van der Waals surface area contributed by atoms with Gasteiger partial charge in [-0.2, -0.15) is 0 Å². The smallest absolute Gasteiger partial charge is 0.306 e. The first kappa shape index (κ1) is 20.7. The van der Waals surface area contributed by atoms with Gasteiger partial charge in [-0.05, 0) is 23.0 Å². The zero-order valence-electron chi connectivity index (χ0n) is 16.4. The molecule has 1 amide bonds. The maximum atomic E-state index is 12.0. The highest BCUT2D eigenvalue weighted by molar-refractivity contribution is 5.80. The summed E-state index contributed by atoms with van der Waals surface area (Å²) < 4.78 is 5.06. The lowest BCUT2D eigenvalue weighted by Gasteiger charge is -2.19. The Morgan fingerprint density at radius 1 is 0.926 bits per heavy atom. The van der Waals surface area contributed by atoms with Gasteiger partial charge in [0.25, 0.3) is 5.91 Å². The van der Waals surface area contributed by atoms with Crippen molar-refractivity contribution in [2.24, 2.45) is 5.41 Å². The van der Waals surface area contributed by atoms with E-state index >= 15 is 0 Å². The summed E-state index contributed by atoms with van der Waals surface area (Å²) in [7, 11) is 0. The van der Waals surface area contributed by atoms with Gasteiger partial charge in [-0.15, -0.1) is 0 Å². The quantitative estimate of drug-likeness (QED) is 0.708. The molecule has 2 aromatic carbocycles. The lowest BCUT2D eigenvalue weighted by Crippen LogP contribution is -2.31. The van der Waals surface area contributed by atoms with Crippen LogP contribution in [0.25, 0.3) is 0 Å². The third-order valence-electron chi connectivity index (χ3n) is 4.20. The SMILES string of the molecule is CC(C)(C)CC(=O)OCC(=O)NCCC(c1ccccc1)c1ccccc1. The maximum absolute atomic E-state index is 12.0. The highest BCUT2D eigenvalue weighted by Gasteiger charge is 2.18. The van der Waals surface area contributed by atoms with Crippen LogP contribution in [0.3, 0.4) is 0 Å². The van der Waals surface area contributed by atoms with Crippen molar-refractivity contribution in [2.45, 2.75) is 39.5 Å². The molecule has 27 heavy (non-hydrogen) atoms. The van der Waals surface area contributed by atoms with Gasteiger partial charge in [-0.25, -0.2) is 0 Å². The van der Waals surface area contributed by atoms with E-state index in [9.17, 15) is 9.59 Å². The molecule has 0 saturated heterocycles. The molecule has 4 nitrogen and oxygen atoms in total. The molecule has 4 heteroatoms. The number of rotatable bonds is 8. The summed E-state index contributed by atoms with van der Waals surface area (Å²) in [5.74, 6) is -0.405. The molecule has 0 heterocycles. The summed E-state index contributed by atoms with van der Waals surface area (Å²) in [6.45, 7) is 6.17. The fourth-order valence-electron chi connectivity index (χ4n) is 2.93. The number of ether oxygens (including phenoxy) is 1. The van der Waals surface area contributed by atoms with Crippen molar-refractivity contribution >= 4 is 11.9 Å². The van der Waals surface area contributed by atoms with E-state index < -0.39 is 0 Å². The summed E-state index contributed by atoms with van der Waals surface area (Å²) in [5, 5.41) is 2.85. The minimum absolute atomic E-state index is 0.147. The molecular weight excluding hydrogens is 338 g/mol. The van der Waals surface area contributed by atoms with E-state index in [0.29, 0.717) is 13.0 Å². The van der Waals surface area contributed by atoms with E-state index in [-0.39, 0.29) is 29.8 Å². The Morgan fingerprint density at radius 2 is 1.44 bits per heavy atom. The Kier molecular flexibility index (Phi) is 7.59. The third-order valence-corrected chi connectivity index (χ3v) is 4.20. The Labute approximate surface area is 161 Å². The Hall–Kier alpha value is -2.62. The largest absolute Gasteiger partial charge is 0.456 e. The number of nitrogens with one attached hydrogen (secondary N) is 1. The summed E-state index contributed by atoms with van der Waals surface area (Å²) >= 11 is 0. The fraction of sp³-hybridized carbons (Fsp3) is 0.391. The van der Waals surface area contributed by atoms with Gasteiger partial charge in [-0.3, -0.25) is 9.59 Å². The average Bonchev–Trinajstić information content (AvgIpc) is 2.64. The Balaban J connectivity index is 1.85. The number of benzene rings is 2. The normalized spacial score (nSPS) is 11.3. The molecular formula is C23H29NO3. The van der Waals surface area contributed by atoms with Crippen LogP contribution in [0.4, 0.5) is 0 Å². The number of hydrogen-bond acceptors (Lipinski definition) is 3. The van der Waals surface area contributed by atoms with E-state index in [1.807, 2.05) is 57.2 Å². The van der Waals surface area contributed by atoms with Crippen molar-refractivity contribution in [2.75, 3.05) is 13.2 Å². The Morgan fingerprint density at radius 3 is 1.93 bits per heavy atom. The number of carbonyl (C=O) groups excluding carboxylic acids is 2. The van der Waals surface area contributed by atoms with Gasteiger partial charge < -0.3 is 10.1 Å². The second-order valence-corrected chi connectivity index (χ2v) is 7.91. The molecule has 2 rings (SSSR count). The van der Waals surface area contributed by atoms with E-state index in [1.54, 1.807) is 0 Å². The molecule has 0 saturated carbocycles. The zero-order valence-corrected chi connectivity index (χ0v) is 16.4. The highest BCUT2D eigenvalue weighted by atomic mass is 16.5. The zero-order chi connectivity index (χ0) is 19.7. The lowest BCUT2D eigenvalue weighted by molar-refractivity contribution is -0.150. The van der Waals surface area contributed by atoms with E-state index in [1.165, 1.54) is 11.1 Å². The number of esters is 1. The molecule has 0 fully saturated rings. The topological polar surface area (TPSA) is 55.4 Å². The summed E-state index contributed by atoms with van der Waals surface area (Å²) in [5.41, 5.74) is 2.29. The molecule has 0 aliphatic heterocycles. The number of hydrogen-bond donors (Lipinski definition) is 1. The first-order chi connectivity index (χ1) is 12.8. The van der Waals surface area contributed by atoms with Crippen molar-refractivity contribution < 1.29 is 14.3 Å². The maximum Gasteiger partial charge on any atom is 0.306 e. The van der Waals surface area contributed by atoms with Crippen LogP contribution < -0.4 is 5.32 Å². The molecule has 0 aromatic heterocycles. The van der Waals surface area contributed by atoms with Crippen molar-refractivity contribution in [3.63, 3.8) is 0 Å². The Bertz CT molecular complexity index is 681. The first-order valence-electron chi connectivity index (χ1n) is 9.37. The van der Waals surface area contributed by atoms with Crippen LogP contribution in [-0.2, 0) is 14.3 Å². The molecule has 0 unspecified atom stereocenters. The number of carbonyl (C=O) groups is 2. The van der Waals surface area contributed by atoms with Crippen molar-refractivity contribution in [1.82, 2.24) is 5.32 Å². The summed E-state index contributed by atoms with van der Waals surface area (Å²) in [4.78, 5) is 23.7. The van der Waals surface area contributed by atoms with Crippen LogP contribution in [0.5, 0.6) is 0 Å². The fourth-order valence-corrected chi connectivity index (χ4v) is 2.93. The molecule has 0 bridgehead atoms. The average molecular weight is 367 g/mol. The van der Waals surface area contributed by atoms with Crippen molar-refractivity contribution in [3.05, 3.63) is 71.8 Å². The van der Waals surface area contributed by atoms with Crippen LogP contribution in [0, 0.1) is 5.41 Å². The van der Waals surface area contributed by atoms with Gasteiger partial charge in [0, 0.05) is 12.5 Å². The number of amides is 1. The van der Waals surface area contributed by atoms with Gasteiger partial charge in [0.05, 0.1) is 6.42 Å². The van der Waals surface area contributed by atoms with Gasteiger partial charge in [0.1, 0.15) is 0 Å². The summed E-state index contributed by atoms with van der Waals surface area (Å²) in [6.07, 6.45) is 1.07. The van der Waals surface area contributed by atoms with Crippen LogP contribution in [0.1, 0.15) is 50.7 Å². The van der Waals surface area contributed by atoms with Crippen LogP contribution in [-0.4, -0.2) is 25.0 Å². The summed E-state index contributed by atoms with van der Waals surface area (Å²) in [6, 6.07) is 20.5. The minimum Gasteiger partial charge on any atom is -0.456 e. The monoisotopic (exact) mass is 367 g/mol. The van der Waals surface area contributed by atoms with Crippen LogP contribution in [0.15, 0.2) is 60.7 Å². The second kappa shape index (κ2) is 9.91. The molecule has 1 N–H and O–H groups in total. The van der Waals surface area contributed by atoms with Crippen LogP contribution >= 0.6 is 0 Å². The first-order valence-corrected chi connectivity index (χ1v) is 9.37. The third kappa shape index (κ3) is 7.65.